The number of ether oxygens (including phenoxy) is 1. The van der Waals surface area contributed by atoms with Gasteiger partial charge < -0.3 is 9.46 Å². The summed E-state index contributed by atoms with van der Waals surface area (Å²) in [5, 5.41) is 0. The van der Waals surface area contributed by atoms with Crippen molar-refractivity contribution >= 4 is 23.6 Å². The molecule has 114 valence electrons. The van der Waals surface area contributed by atoms with E-state index in [2.05, 4.69) is 29.0 Å². The number of esters is 1. The van der Waals surface area contributed by atoms with Crippen molar-refractivity contribution in [1.29, 1.82) is 0 Å². The molecule has 0 amide bonds. The maximum atomic E-state index is 11.6. The van der Waals surface area contributed by atoms with E-state index in [1.807, 2.05) is 19.1 Å². The Kier molecular flexibility index (Phi) is 4.39. The van der Waals surface area contributed by atoms with E-state index in [9.17, 15) is 4.79 Å². The van der Waals surface area contributed by atoms with Gasteiger partial charge in [0.2, 0.25) is 0 Å². The summed E-state index contributed by atoms with van der Waals surface area (Å²) < 4.78 is 8.08. The van der Waals surface area contributed by atoms with E-state index in [0.29, 0.717) is 5.56 Å². The van der Waals surface area contributed by atoms with E-state index in [-0.39, 0.29) is 5.97 Å². The zero-order chi connectivity index (χ0) is 15.5. The van der Waals surface area contributed by atoms with E-state index >= 15 is 0 Å². The Hall–Kier alpha value is -1.94. The lowest BCUT2D eigenvalue weighted by atomic mass is 10.1. The van der Waals surface area contributed by atoms with E-state index in [0.717, 1.165) is 22.1 Å². The average molecular weight is 313 g/mol. The molecule has 1 saturated carbocycles. The molecule has 0 spiro atoms. The maximum Gasteiger partial charge on any atom is 0.337 e. The molecule has 1 N–H and O–H groups in total. The summed E-state index contributed by atoms with van der Waals surface area (Å²) in [4.78, 5) is 12.8. The highest BCUT2D eigenvalue weighted by Gasteiger charge is 2.22. The van der Waals surface area contributed by atoms with Crippen molar-refractivity contribution in [3.63, 3.8) is 0 Å². The molecule has 1 aliphatic carbocycles. The van der Waals surface area contributed by atoms with Crippen LogP contribution in [0.15, 0.2) is 47.4 Å². The van der Waals surface area contributed by atoms with E-state index in [4.69, 9.17) is 4.74 Å². The third kappa shape index (κ3) is 3.45. The highest BCUT2D eigenvalue weighted by atomic mass is 32.2. The summed E-state index contributed by atoms with van der Waals surface area (Å²) in [6.45, 7) is 2.01. The van der Waals surface area contributed by atoms with Gasteiger partial charge in [-0.1, -0.05) is 18.2 Å². The minimum absolute atomic E-state index is 0.318. The molecule has 0 unspecified atom stereocenters. The molecular formula is C18H19NO2S. The van der Waals surface area contributed by atoms with Crippen LogP contribution in [0.4, 0.5) is 5.69 Å². The van der Waals surface area contributed by atoms with Crippen molar-refractivity contribution in [3.05, 3.63) is 59.2 Å². The normalized spacial score (nSPS) is 13.7. The predicted octanol–water partition coefficient (Wildman–Crippen LogP) is 4.78. The number of benzene rings is 2. The molecule has 3 nitrogen and oxygen atoms in total. The summed E-state index contributed by atoms with van der Waals surface area (Å²) in [6.07, 6.45) is 2.65. The highest BCUT2D eigenvalue weighted by Crippen LogP contribution is 2.40. The van der Waals surface area contributed by atoms with Crippen molar-refractivity contribution in [2.45, 2.75) is 30.6 Å². The molecule has 2 aromatic rings. The first-order chi connectivity index (χ1) is 10.7. The van der Waals surface area contributed by atoms with Crippen LogP contribution in [0.3, 0.4) is 0 Å². The molecule has 0 heterocycles. The SMILES string of the molecule is COC(=O)c1ccc(C)c(NSc2ccc(C3CC3)cc2)c1. The molecule has 3 rings (SSSR count). The fraction of sp³-hybridized carbons (Fsp3) is 0.278. The molecular weight excluding hydrogens is 294 g/mol. The van der Waals surface area contributed by atoms with Crippen molar-refractivity contribution in [1.82, 2.24) is 0 Å². The number of aryl methyl sites for hydroxylation is 1. The van der Waals surface area contributed by atoms with Crippen LogP contribution < -0.4 is 4.72 Å². The summed E-state index contributed by atoms with van der Waals surface area (Å²) in [5.74, 6) is 0.466. The van der Waals surface area contributed by atoms with Crippen LogP contribution in [0.25, 0.3) is 0 Å². The molecule has 0 bridgehead atoms. The van der Waals surface area contributed by atoms with Crippen molar-refractivity contribution in [2.75, 3.05) is 11.8 Å². The first-order valence-corrected chi connectivity index (χ1v) is 8.21. The average Bonchev–Trinajstić information content (AvgIpc) is 3.39. The van der Waals surface area contributed by atoms with Crippen LogP contribution in [0.5, 0.6) is 0 Å². The fourth-order valence-electron chi connectivity index (χ4n) is 2.32. The van der Waals surface area contributed by atoms with Crippen LogP contribution in [0, 0.1) is 6.92 Å². The molecule has 0 aromatic heterocycles. The quantitative estimate of drug-likeness (QED) is 0.637. The molecule has 0 saturated heterocycles. The van der Waals surface area contributed by atoms with Gasteiger partial charge in [0.1, 0.15) is 0 Å². The predicted molar refractivity (Wildman–Crippen MR) is 90.4 cm³/mol. The Morgan fingerprint density at radius 2 is 1.91 bits per heavy atom. The lowest BCUT2D eigenvalue weighted by molar-refractivity contribution is 0.0601. The minimum Gasteiger partial charge on any atom is -0.465 e. The van der Waals surface area contributed by atoms with Gasteiger partial charge in [-0.3, -0.25) is 0 Å². The number of carbonyl (C=O) groups is 1. The number of rotatable bonds is 5. The van der Waals surface area contributed by atoms with Crippen LogP contribution in [-0.4, -0.2) is 13.1 Å². The molecule has 0 atom stereocenters. The van der Waals surface area contributed by atoms with Crippen LogP contribution in [-0.2, 0) is 4.74 Å². The Morgan fingerprint density at radius 3 is 2.55 bits per heavy atom. The van der Waals surface area contributed by atoms with Crippen molar-refractivity contribution < 1.29 is 9.53 Å². The van der Waals surface area contributed by atoms with Gasteiger partial charge in [0.15, 0.2) is 0 Å². The molecule has 22 heavy (non-hydrogen) atoms. The van der Waals surface area contributed by atoms with Gasteiger partial charge in [-0.2, -0.15) is 0 Å². The summed E-state index contributed by atoms with van der Waals surface area (Å²) in [6, 6.07) is 14.2. The number of carbonyl (C=O) groups excluding carboxylic acids is 1. The largest absolute Gasteiger partial charge is 0.465 e. The monoisotopic (exact) mass is 313 g/mol. The first kappa shape index (κ1) is 15.0. The minimum atomic E-state index is -0.318. The first-order valence-electron chi connectivity index (χ1n) is 7.39. The zero-order valence-corrected chi connectivity index (χ0v) is 13.6. The number of anilines is 1. The fourth-order valence-corrected chi connectivity index (χ4v) is 3.04. The molecule has 1 aliphatic rings. The standard InChI is InChI=1S/C18H19NO2S/c1-12-3-4-15(18(20)21-2)11-17(12)19-22-16-9-7-14(8-10-16)13-5-6-13/h3-4,7-11,13,19H,5-6H2,1-2H3. The summed E-state index contributed by atoms with van der Waals surface area (Å²) in [5.41, 5.74) is 4.02. The lowest BCUT2D eigenvalue weighted by Crippen LogP contribution is -2.02. The zero-order valence-electron chi connectivity index (χ0n) is 12.8. The van der Waals surface area contributed by atoms with Crippen LogP contribution in [0.2, 0.25) is 0 Å². The third-order valence-electron chi connectivity index (χ3n) is 3.87. The highest BCUT2D eigenvalue weighted by molar-refractivity contribution is 8.00. The Labute approximate surface area is 135 Å². The second kappa shape index (κ2) is 6.44. The second-order valence-electron chi connectivity index (χ2n) is 5.57. The number of methoxy groups -OCH3 is 1. The Balaban J connectivity index is 1.68. The topological polar surface area (TPSA) is 38.3 Å². The summed E-state index contributed by atoms with van der Waals surface area (Å²) >= 11 is 1.55. The molecule has 4 heteroatoms. The van der Waals surface area contributed by atoms with Gasteiger partial charge >= 0.3 is 5.97 Å². The van der Waals surface area contributed by atoms with Gasteiger partial charge in [0.05, 0.1) is 12.7 Å². The van der Waals surface area contributed by atoms with Crippen LogP contribution in [0.1, 0.15) is 40.2 Å². The number of nitrogens with one attached hydrogen (secondary N) is 1. The molecule has 0 aliphatic heterocycles. The number of hydrogen-bond donors (Lipinski definition) is 1. The van der Waals surface area contributed by atoms with Gasteiger partial charge in [0, 0.05) is 10.6 Å². The van der Waals surface area contributed by atoms with Crippen molar-refractivity contribution in [3.8, 4) is 0 Å². The smallest absolute Gasteiger partial charge is 0.337 e. The third-order valence-corrected chi connectivity index (χ3v) is 4.70. The van der Waals surface area contributed by atoms with Gasteiger partial charge in [0.25, 0.3) is 0 Å². The van der Waals surface area contributed by atoms with Gasteiger partial charge in [-0.05, 0) is 73.0 Å². The number of hydrogen-bond acceptors (Lipinski definition) is 4. The van der Waals surface area contributed by atoms with Crippen LogP contribution >= 0.6 is 11.9 Å². The van der Waals surface area contributed by atoms with Gasteiger partial charge in [-0.15, -0.1) is 0 Å². The van der Waals surface area contributed by atoms with E-state index in [1.165, 1.54) is 25.5 Å². The van der Waals surface area contributed by atoms with E-state index in [1.54, 1.807) is 18.0 Å². The van der Waals surface area contributed by atoms with Gasteiger partial charge in [-0.25, -0.2) is 4.79 Å². The Morgan fingerprint density at radius 1 is 1.18 bits per heavy atom. The second-order valence-corrected chi connectivity index (χ2v) is 6.45. The molecule has 2 aromatic carbocycles. The van der Waals surface area contributed by atoms with E-state index < -0.39 is 0 Å². The molecule has 0 radical (unpaired) electrons. The summed E-state index contributed by atoms with van der Waals surface area (Å²) in [7, 11) is 1.39. The molecule has 1 fully saturated rings. The Bertz CT molecular complexity index is 678. The maximum absolute atomic E-state index is 11.6. The lowest BCUT2D eigenvalue weighted by Gasteiger charge is -2.10. The van der Waals surface area contributed by atoms with Crippen molar-refractivity contribution in [2.24, 2.45) is 0 Å².